The number of Topliss-reactive ketones (excluding diaryl/α,β-unsaturated/α-hetero) is 1. The van der Waals surface area contributed by atoms with Crippen molar-refractivity contribution in [2.24, 2.45) is 0 Å². The maximum absolute atomic E-state index is 12.4. The highest BCUT2D eigenvalue weighted by Crippen LogP contribution is 2.23. The van der Waals surface area contributed by atoms with Gasteiger partial charge in [-0.25, -0.2) is 0 Å². The quantitative estimate of drug-likeness (QED) is 0.323. The lowest BCUT2D eigenvalue weighted by molar-refractivity contribution is 0.0986. The van der Waals surface area contributed by atoms with Crippen molar-refractivity contribution in [3.63, 3.8) is 0 Å². The molecule has 0 saturated carbocycles. The maximum atomic E-state index is 12.4. The molecule has 0 aliphatic carbocycles. The van der Waals surface area contributed by atoms with Crippen molar-refractivity contribution in [3.8, 4) is 22.9 Å². The molecule has 0 aliphatic rings. The second-order valence-electron chi connectivity index (χ2n) is 5.70. The molecule has 0 unspecified atom stereocenters. The van der Waals surface area contributed by atoms with Crippen LogP contribution in [0.1, 0.15) is 10.7 Å². The number of hydrogen-bond donors (Lipinski definition) is 0. The van der Waals surface area contributed by atoms with Crippen LogP contribution in [0.5, 0.6) is 5.75 Å². The first-order valence-corrected chi connectivity index (χ1v) is 9.68. The number of ketones is 1. The van der Waals surface area contributed by atoms with Crippen molar-refractivity contribution in [2.75, 3.05) is 12.9 Å². The Morgan fingerprint density at radius 3 is 2.59 bits per heavy atom. The van der Waals surface area contributed by atoms with Gasteiger partial charge in [-0.3, -0.25) is 4.79 Å². The molecule has 0 radical (unpaired) electrons. The van der Waals surface area contributed by atoms with Crippen molar-refractivity contribution >= 4 is 29.1 Å². The summed E-state index contributed by atoms with van der Waals surface area (Å²) >= 11 is 7.04. The van der Waals surface area contributed by atoms with Gasteiger partial charge in [0, 0.05) is 10.6 Å². The van der Waals surface area contributed by atoms with E-state index in [1.54, 1.807) is 43.5 Å². The first-order valence-electron chi connectivity index (χ1n) is 8.32. The molecular formula is C18H13ClN6O3S. The number of carbonyl (C=O) groups excluding carboxylic acids is 1. The molecule has 0 fully saturated rings. The fraction of sp³-hybridized carbons (Fsp3) is 0.111. The highest BCUT2D eigenvalue weighted by Gasteiger charge is 2.18. The van der Waals surface area contributed by atoms with Gasteiger partial charge in [0.1, 0.15) is 5.75 Å². The first kappa shape index (κ1) is 19.1. The summed E-state index contributed by atoms with van der Waals surface area (Å²) in [6, 6.07) is 14.1. The van der Waals surface area contributed by atoms with Crippen LogP contribution in [0.25, 0.3) is 17.1 Å². The molecule has 29 heavy (non-hydrogen) atoms. The number of thioether (sulfide) groups is 1. The highest BCUT2D eigenvalue weighted by molar-refractivity contribution is 7.99. The smallest absolute Gasteiger partial charge is 0.285 e. The molecule has 0 aliphatic heterocycles. The lowest BCUT2D eigenvalue weighted by atomic mass is 10.2. The van der Waals surface area contributed by atoms with Crippen LogP contribution >= 0.6 is 23.4 Å². The van der Waals surface area contributed by atoms with Crippen LogP contribution in [-0.4, -0.2) is 49.1 Å². The Bertz CT molecular complexity index is 1130. The number of methoxy groups -OCH3 is 1. The van der Waals surface area contributed by atoms with E-state index in [9.17, 15) is 4.79 Å². The van der Waals surface area contributed by atoms with Gasteiger partial charge in [0.25, 0.3) is 5.89 Å². The Hall–Kier alpha value is -3.24. The minimum absolute atomic E-state index is 0.0405. The van der Waals surface area contributed by atoms with Crippen LogP contribution in [0.15, 0.2) is 58.1 Å². The number of rotatable bonds is 7. The fourth-order valence-electron chi connectivity index (χ4n) is 2.39. The Morgan fingerprint density at radius 2 is 1.86 bits per heavy atom. The minimum atomic E-state index is -0.327. The third kappa shape index (κ3) is 4.28. The molecule has 2 heterocycles. The van der Waals surface area contributed by atoms with E-state index in [0.29, 0.717) is 15.7 Å². The van der Waals surface area contributed by atoms with Crippen LogP contribution in [0.2, 0.25) is 5.02 Å². The van der Waals surface area contributed by atoms with Crippen molar-refractivity contribution < 1.29 is 13.9 Å². The largest absolute Gasteiger partial charge is 0.497 e. The average Bonchev–Trinajstić information content (AvgIpc) is 3.42. The predicted molar refractivity (Wildman–Crippen MR) is 106 cm³/mol. The summed E-state index contributed by atoms with van der Waals surface area (Å²) in [4.78, 5) is 12.4. The van der Waals surface area contributed by atoms with Gasteiger partial charge in [0.2, 0.25) is 16.8 Å². The van der Waals surface area contributed by atoms with E-state index < -0.39 is 0 Å². The Labute approximate surface area is 174 Å². The van der Waals surface area contributed by atoms with Gasteiger partial charge in [-0.05, 0) is 59.0 Å². The fourth-order valence-corrected chi connectivity index (χ4v) is 3.26. The Kier molecular flexibility index (Phi) is 5.54. The first-order chi connectivity index (χ1) is 14.1. The van der Waals surface area contributed by atoms with Crippen molar-refractivity contribution in [1.82, 2.24) is 30.4 Å². The minimum Gasteiger partial charge on any atom is -0.497 e. The van der Waals surface area contributed by atoms with Crippen LogP contribution in [0, 0.1) is 0 Å². The summed E-state index contributed by atoms with van der Waals surface area (Å²) in [5.74, 6) is 0.605. The summed E-state index contributed by atoms with van der Waals surface area (Å²) in [6.07, 6.45) is 0. The van der Waals surface area contributed by atoms with Crippen molar-refractivity contribution in [1.29, 1.82) is 0 Å². The lowest BCUT2D eigenvalue weighted by Gasteiger charge is -2.04. The molecule has 0 spiro atoms. The molecule has 146 valence electrons. The third-order valence-electron chi connectivity index (χ3n) is 3.84. The topological polar surface area (TPSA) is 109 Å². The lowest BCUT2D eigenvalue weighted by Crippen LogP contribution is -2.05. The number of tetrazole rings is 1. The second kappa shape index (κ2) is 8.41. The molecule has 0 bridgehead atoms. The third-order valence-corrected chi connectivity index (χ3v) is 5.02. The molecular weight excluding hydrogens is 416 g/mol. The number of hydrogen-bond acceptors (Lipinski definition) is 9. The zero-order valence-electron chi connectivity index (χ0n) is 15.0. The van der Waals surface area contributed by atoms with E-state index in [4.69, 9.17) is 20.8 Å². The van der Waals surface area contributed by atoms with E-state index in [0.717, 1.165) is 11.4 Å². The normalized spacial score (nSPS) is 10.8. The van der Waals surface area contributed by atoms with E-state index in [2.05, 4.69) is 25.7 Å². The van der Waals surface area contributed by atoms with E-state index in [-0.39, 0.29) is 23.3 Å². The van der Waals surface area contributed by atoms with Crippen LogP contribution in [-0.2, 0) is 0 Å². The molecule has 0 saturated heterocycles. The number of halogens is 1. The van der Waals surface area contributed by atoms with Gasteiger partial charge in [0.05, 0.1) is 18.6 Å². The van der Waals surface area contributed by atoms with Crippen molar-refractivity contribution in [2.45, 2.75) is 5.16 Å². The molecule has 0 amide bonds. The number of benzene rings is 2. The van der Waals surface area contributed by atoms with Crippen LogP contribution in [0.3, 0.4) is 0 Å². The summed E-state index contributed by atoms with van der Waals surface area (Å²) < 4.78 is 12.2. The highest BCUT2D eigenvalue weighted by atomic mass is 35.5. The molecule has 4 aromatic rings. The van der Waals surface area contributed by atoms with E-state index >= 15 is 0 Å². The second-order valence-corrected chi connectivity index (χ2v) is 7.08. The van der Waals surface area contributed by atoms with Gasteiger partial charge in [0.15, 0.2) is 0 Å². The summed E-state index contributed by atoms with van der Waals surface area (Å²) in [7, 11) is 1.59. The molecule has 0 atom stereocenters. The molecule has 0 N–H and O–H groups in total. The maximum Gasteiger partial charge on any atom is 0.285 e. The van der Waals surface area contributed by atoms with E-state index in [1.165, 1.54) is 16.4 Å². The van der Waals surface area contributed by atoms with Crippen LogP contribution in [0.4, 0.5) is 0 Å². The van der Waals surface area contributed by atoms with Crippen molar-refractivity contribution in [3.05, 3.63) is 59.4 Å². The predicted octanol–water partition coefficient (Wildman–Crippen LogP) is 3.35. The molecule has 9 nitrogen and oxygen atoms in total. The SMILES string of the molecule is COc1ccc(-n2nnnc2SCC(=O)c2nnc(-c3ccc(Cl)cc3)o2)cc1. The zero-order valence-corrected chi connectivity index (χ0v) is 16.6. The van der Waals surface area contributed by atoms with Gasteiger partial charge < -0.3 is 9.15 Å². The van der Waals surface area contributed by atoms with Gasteiger partial charge in [-0.1, -0.05) is 23.4 Å². The molecule has 2 aromatic heterocycles. The summed E-state index contributed by atoms with van der Waals surface area (Å²) in [5.41, 5.74) is 1.42. The van der Waals surface area contributed by atoms with Gasteiger partial charge in [-0.15, -0.1) is 15.3 Å². The summed E-state index contributed by atoms with van der Waals surface area (Å²) in [5, 5.41) is 20.4. The molecule has 4 rings (SSSR count). The number of carbonyl (C=O) groups is 1. The van der Waals surface area contributed by atoms with E-state index in [1.807, 2.05) is 12.1 Å². The Balaban J connectivity index is 1.44. The zero-order chi connectivity index (χ0) is 20.2. The monoisotopic (exact) mass is 428 g/mol. The number of nitrogens with zero attached hydrogens (tertiary/aromatic N) is 6. The van der Waals surface area contributed by atoms with Gasteiger partial charge >= 0.3 is 0 Å². The number of ether oxygens (including phenoxy) is 1. The Morgan fingerprint density at radius 1 is 1.10 bits per heavy atom. The molecule has 2 aromatic carbocycles. The van der Waals surface area contributed by atoms with Gasteiger partial charge in [-0.2, -0.15) is 4.68 Å². The summed E-state index contributed by atoms with van der Waals surface area (Å²) in [6.45, 7) is 0. The standard InChI is InChI=1S/C18H13ClN6O3S/c1-27-14-8-6-13(7-9-14)25-18(22-23-24-25)29-10-15(26)17-21-20-16(28-17)11-2-4-12(19)5-3-11/h2-9H,10H2,1H3. The van der Waals surface area contributed by atoms with Crippen LogP contribution < -0.4 is 4.74 Å². The molecule has 11 heteroatoms. The average molecular weight is 429 g/mol. The number of aromatic nitrogens is 6.